The average Bonchev–Trinajstić information content (AvgIpc) is 2.41. The molecule has 4 heteroatoms. The first-order chi connectivity index (χ1) is 8.45. The van der Waals surface area contributed by atoms with Gasteiger partial charge in [0.15, 0.2) is 37.9 Å². The van der Waals surface area contributed by atoms with Crippen molar-refractivity contribution in [2.75, 3.05) is 13.1 Å². The maximum atomic E-state index is 3.44. The quantitative estimate of drug-likeness (QED) is 0.454. The number of hydrogen-bond acceptors (Lipinski definition) is 1. The normalized spacial score (nSPS) is 9.78. The van der Waals surface area contributed by atoms with Gasteiger partial charge in [0.2, 0.25) is 0 Å². The van der Waals surface area contributed by atoms with Gasteiger partial charge in [0.05, 0.1) is 13.1 Å². The number of nitrogens with zero attached hydrogens (tertiary/aromatic N) is 2. The summed E-state index contributed by atoms with van der Waals surface area (Å²) in [5.74, 6) is 0. The van der Waals surface area contributed by atoms with Crippen LogP contribution in [0.4, 0.5) is 0 Å². The number of nitrogens with one attached hydrogen (secondary N) is 1. The fourth-order valence-electron chi connectivity index (χ4n) is 1.71. The van der Waals surface area contributed by atoms with E-state index in [1.54, 1.807) is 0 Å². The summed E-state index contributed by atoms with van der Waals surface area (Å²) in [7, 11) is 0. The van der Waals surface area contributed by atoms with E-state index >= 15 is 0 Å². The Bertz CT molecular complexity index is 378. The molecule has 0 radical (unpaired) electrons. The minimum atomic E-state index is 0. The maximum Gasteiger partial charge on any atom is 0.168 e. The Balaban J connectivity index is 0.00000162. The monoisotopic (exact) mass is 264 g/mol. The third kappa shape index (κ3) is 5.25. The van der Waals surface area contributed by atoms with Crippen LogP contribution >= 0.6 is 0 Å². The number of pyridine rings is 2. The highest BCUT2D eigenvalue weighted by atomic mass is 35.5. The lowest BCUT2D eigenvalue weighted by Gasteiger charge is -2.00. The lowest BCUT2D eigenvalue weighted by Crippen LogP contribution is -3.00. The largest absolute Gasteiger partial charge is 1.00 e. The molecule has 0 aliphatic heterocycles. The molecule has 0 amide bonds. The van der Waals surface area contributed by atoms with Crippen LogP contribution in [0.2, 0.25) is 0 Å². The third-order valence-corrected chi connectivity index (χ3v) is 2.65. The molecule has 0 bridgehead atoms. The topological polar surface area (TPSA) is 19.8 Å². The van der Waals surface area contributed by atoms with Crippen LogP contribution in [0.3, 0.4) is 0 Å². The molecule has 0 aromatic carbocycles. The fourth-order valence-corrected chi connectivity index (χ4v) is 1.71. The Hall–Kier alpha value is -1.45. The van der Waals surface area contributed by atoms with Gasteiger partial charge in [0.1, 0.15) is 0 Å². The average molecular weight is 265 g/mol. The van der Waals surface area contributed by atoms with E-state index in [4.69, 9.17) is 0 Å². The van der Waals surface area contributed by atoms with Gasteiger partial charge < -0.3 is 17.7 Å². The summed E-state index contributed by atoms with van der Waals surface area (Å²) >= 11 is 0. The van der Waals surface area contributed by atoms with Crippen molar-refractivity contribution in [1.82, 2.24) is 5.32 Å². The highest BCUT2D eigenvalue weighted by molar-refractivity contribution is 4.84. The zero-order valence-corrected chi connectivity index (χ0v) is 11.1. The molecule has 2 heterocycles. The van der Waals surface area contributed by atoms with Gasteiger partial charge in [-0.25, -0.2) is 9.13 Å². The van der Waals surface area contributed by atoms with Crippen LogP contribution < -0.4 is 26.9 Å². The van der Waals surface area contributed by atoms with Crippen LogP contribution in [0.25, 0.3) is 0 Å². The molecular formula is C14H19ClN3+. The molecule has 96 valence electrons. The van der Waals surface area contributed by atoms with Crippen molar-refractivity contribution >= 4 is 0 Å². The molecule has 1 N–H and O–H groups in total. The molecule has 0 aliphatic carbocycles. The van der Waals surface area contributed by atoms with Crippen LogP contribution in [0.15, 0.2) is 61.2 Å². The molecule has 0 spiro atoms. The Morgan fingerprint density at radius 3 is 1.39 bits per heavy atom. The van der Waals surface area contributed by atoms with Crippen LogP contribution in [-0.4, -0.2) is 13.1 Å². The lowest BCUT2D eigenvalue weighted by atomic mass is 10.4. The molecule has 0 fully saturated rings. The Kier molecular flexibility index (Phi) is 6.99. The SMILES string of the molecule is [Cl-].c1cc[n+](CCNCC[n+]2ccccc2)cc1. The minimum Gasteiger partial charge on any atom is -1.00 e. The number of rotatable bonds is 6. The van der Waals surface area contributed by atoms with E-state index in [0.717, 1.165) is 26.2 Å². The van der Waals surface area contributed by atoms with Gasteiger partial charge in [-0.3, -0.25) is 0 Å². The first-order valence-corrected chi connectivity index (χ1v) is 6.04. The second kappa shape index (κ2) is 8.61. The third-order valence-electron chi connectivity index (χ3n) is 2.65. The van der Waals surface area contributed by atoms with Crippen molar-refractivity contribution < 1.29 is 21.5 Å². The van der Waals surface area contributed by atoms with Crippen molar-refractivity contribution in [3.63, 3.8) is 0 Å². The van der Waals surface area contributed by atoms with Crippen molar-refractivity contribution in [2.45, 2.75) is 13.1 Å². The van der Waals surface area contributed by atoms with Crippen LogP contribution in [0.1, 0.15) is 0 Å². The van der Waals surface area contributed by atoms with E-state index in [-0.39, 0.29) is 12.4 Å². The van der Waals surface area contributed by atoms with Crippen molar-refractivity contribution in [2.24, 2.45) is 0 Å². The molecular weight excluding hydrogens is 246 g/mol. The number of hydrogen-bond donors (Lipinski definition) is 1. The van der Waals surface area contributed by atoms with E-state index < -0.39 is 0 Å². The Morgan fingerprint density at radius 1 is 0.611 bits per heavy atom. The summed E-state index contributed by atoms with van der Waals surface area (Å²) < 4.78 is 4.37. The zero-order chi connectivity index (χ0) is 11.8. The van der Waals surface area contributed by atoms with E-state index in [2.05, 4.69) is 63.5 Å². The highest BCUT2D eigenvalue weighted by Gasteiger charge is 1.99. The molecule has 0 unspecified atom stereocenters. The predicted octanol–water partition coefficient (Wildman–Crippen LogP) is -2.44. The van der Waals surface area contributed by atoms with Gasteiger partial charge in [0.25, 0.3) is 0 Å². The van der Waals surface area contributed by atoms with Gasteiger partial charge in [0, 0.05) is 24.3 Å². The second-order valence-electron chi connectivity index (χ2n) is 3.98. The molecule has 18 heavy (non-hydrogen) atoms. The predicted molar refractivity (Wildman–Crippen MR) is 66.1 cm³/mol. The summed E-state index contributed by atoms with van der Waals surface area (Å²) in [6.07, 6.45) is 8.36. The first kappa shape index (κ1) is 14.6. The first-order valence-electron chi connectivity index (χ1n) is 6.04. The van der Waals surface area contributed by atoms with Gasteiger partial charge in [-0.2, -0.15) is 0 Å². The molecule has 0 saturated heterocycles. The van der Waals surface area contributed by atoms with Crippen LogP contribution in [0.5, 0.6) is 0 Å². The Labute approximate surface area is 115 Å². The maximum absolute atomic E-state index is 3.44. The minimum absolute atomic E-state index is 0. The summed E-state index contributed by atoms with van der Waals surface area (Å²) in [5, 5.41) is 3.44. The molecule has 3 nitrogen and oxygen atoms in total. The van der Waals surface area contributed by atoms with Gasteiger partial charge >= 0.3 is 0 Å². The standard InChI is InChI=1S/C14H19N3.ClH/c1-3-9-16(10-4-1)13-7-15-8-14-17-11-5-2-6-12-17;/h1-6,9-12,15H,7-8,13-14H2;1H/q+2;/p-1. The van der Waals surface area contributed by atoms with Crippen LogP contribution in [0, 0.1) is 0 Å². The van der Waals surface area contributed by atoms with Crippen molar-refractivity contribution in [3.8, 4) is 0 Å². The summed E-state index contributed by atoms with van der Waals surface area (Å²) in [6, 6.07) is 12.3. The van der Waals surface area contributed by atoms with E-state index in [9.17, 15) is 0 Å². The summed E-state index contributed by atoms with van der Waals surface area (Å²) in [6.45, 7) is 4.03. The molecule has 0 saturated carbocycles. The van der Waals surface area contributed by atoms with Crippen molar-refractivity contribution in [1.29, 1.82) is 0 Å². The van der Waals surface area contributed by atoms with Crippen LogP contribution in [-0.2, 0) is 13.1 Å². The molecule has 2 rings (SSSR count). The van der Waals surface area contributed by atoms with Gasteiger partial charge in [-0.15, -0.1) is 0 Å². The van der Waals surface area contributed by atoms with Crippen molar-refractivity contribution in [3.05, 3.63) is 61.2 Å². The highest BCUT2D eigenvalue weighted by Crippen LogP contribution is 1.77. The fraction of sp³-hybridized carbons (Fsp3) is 0.286. The second-order valence-corrected chi connectivity index (χ2v) is 3.98. The van der Waals surface area contributed by atoms with Gasteiger partial charge in [-0.05, 0) is 0 Å². The Morgan fingerprint density at radius 2 is 1.00 bits per heavy atom. The lowest BCUT2D eigenvalue weighted by molar-refractivity contribution is -0.698. The summed E-state index contributed by atoms with van der Waals surface area (Å²) in [5.41, 5.74) is 0. The van der Waals surface area contributed by atoms with E-state index in [0.29, 0.717) is 0 Å². The molecule has 0 aliphatic rings. The van der Waals surface area contributed by atoms with Gasteiger partial charge in [-0.1, -0.05) is 12.1 Å². The molecule has 2 aromatic rings. The molecule has 2 aromatic heterocycles. The number of aromatic nitrogens is 2. The summed E-state index contributed by atoms with van der Waals surface area (Å²) in [4.78, 5) is 0. The zero-order valence-electron chi connectivity index (χ0n) is 10.4. The smallest absolute Gasteiger partial charge is 0.168 e. The van der Waals surface area contributed by atoms with E-state index in [1.807, 2.05) is 12.1 Å². The van der Waals surface area contributed by atoms with E-state index in [1.165, 1.54) is 0 Å². The molecule has 0 atom stereocenters. The number of halogens is 1.